The molecule has 0 radical (unpaired) electrons. The molecular weight excluding hydrogens is 486 g/mol. The Morgan fingerprint density at radius 3 is 2.22 bits per heavy atom. The lowest BCUT2D eigenvalue weighted by Crippen LogP contribution is -2.56. The molecular formula is C29H49N3O4S. The Labute approximate surface area is 229 Å². The van der Waals surface area contributed by atoms with Gasteiger partial charge >= 0.3 is 6.09 Å². The first kappa shape index (κ1) is 32.8. The van der Waals surface area contributed by atoms with Crippen molar-refractivity contribution in [3.63, 3.8) is 0 Å². The van der Waals surface area contributed by atoms with Crippen LogP contribution in [0.25, 0.3) is 0 Å². The van der Waals surface area contributed by atoms with Crippen molar-refractivity contribution in [2.45, 2.75) is 112 Å². The number of hydrogen-bond acceptors (Lipinski definition) is 5. The Hall–Kier alpha value is -2.22. The summed E-state index contributed by atoms with van der Waals surface area (Å²) in [5.74, 6) is -0.0659. The van der Waals surface area contributed by atoms with Gasteiger partial charge in [0.15, 0.2) is 0 Å². The van der Waals surface area contributed by atoms with Crippen molar-refractivity contribution in [3.05, 3.63) is 34.9 Å². The van der Waals surface area contributed by atoms with E-state index in [1.54, 1.807) is 25.7 Å². The number of alkyl carbamates (subject to hydrolysis) is 1. The Morgan fingerprint density at radius 2 is 1.70 bits per heavy atom. The number of nitrogens with zero attached hydrogens (tertiary/aromatic N) is 1. The van der Waals surface area contributed by atoms with Crippen molar-refractivity contribution in [3.8, 4) is 0 Å². The van der Waals surface area contributed by atoms with Gasteiger partial charge in [-0.25, -0.2) is 4.79 Å². The summed E-state index contributed by atoms with van der Waals surface area (Å²) in [6, 6.07) is 3.84. The molecule has 37 heavy (non-hydrogen) atoms. The molecule has 210 valence electrons. The average Bonchev–Trinajstić information content (AvgIpc) is 2.79. The van der Waals surface area contributed by atoms with E-state index in [9.17, 15) is 14.4 Å². The van der Waals surface area contributed by atoms with Gasteiger partial charge in [-0.3, -0.25) is 9.59 Å². The zero-order valence-electron chi connectivity index (χ0n) is 24.3. The van der Waals surface area contributed by atoms with Gasteiger partial charge in [0.2, 0.25) is 11.8 Å². The van der Waals surface area contributed by atoms with E-state index in [1.165, 1.54) is 0 Å². The van der Waals surface area contributed by atoms with E-state index in [0.29, 0.717) is 12.5 Å². The first-order chi connectivity index (χ1) is 17.2. The molecule has 0 aliphatic carbocycles. The summed E-state index contributed by atoms with van der Waals surface area (Å²) in [6.07, 6.45) is 2.72. The van der Waals surface area contributed by atoms with Crippen molar-refractivity contribution in [1.29, 1.82) is 0 Å². The van der Waals surface area contributed by atoms with Crippen molar-refractivity contribution >= 4 is 30.5 Å². The lowest BCUT2D eigenvalue weighted by atomic mass is 9.95. The first-order valence-electron chi connectivity index (χ1n) is 13.5. The molecule has 1 aromatic carbocycles. The molecule has 3 atom stereocenters. The molecule has 0 fully saturated rings. The monoisotopic (exact) mass is 535 g/mol. The van der Waals surface area contributed by atoms with Crippen molar-refractivity contribution in [1.82, 2.24) is 15.5 Å². The fourth-order valence-corrected chi connectivity index (χ4v) is 4.23. The second-order valence-electron chi connectivity index (χ2n) is 11.3. The summed E-state index contributed by atoms with van der Waals surface area (Å²) in [5.41, 5.74) is 2.19. The third-order valence-electron chi connectivity index (χ3n) is 6.27. The number of rotatable bonds is 13. The smallest absolute Gasteiger partial charge is 0.408 e. The summed E-state index contributed by atoms with van der Waals surface area (Å²) in [5, 5.41) is 5.72. The molecule has 0 aromatic heterocycles. The molecule has 3 amide bonds. The number of amides is 3. The highest BCUT2D eigenvalue weighted by Crippen LogP contribution is 2.29. The van der Waals surface area contributed by atoms with Crippen molar-refractivity contribution in [2.24, 2.45) is 5.92 Å². The number of carbonyl (C=O) groups excluding carboxylic acids is 3. The zero-order valence-corrected chi connectivity index (χ0v) is 25.2. The lowest BCUT2D eigenvalue weighted by Gasteiger charge is -2.38. The molecule has 3 unspecified atom stereocenters. The third kappa shape index (κ3) is 11.0. The summed E-state index contributed by atoms with van der Waals surface area (Å²) >= 11 is 4.38. The van der Waals surface area contributed by atoms with Crippen LogP contribution in [0, 0.1) is 19.8 Å². The minimum absolute atomic E-state index is 0.0720. The fourth-order valence-electron chi connectivity index (χ4n) is 3.99. The van der Waals surface area contributed by atoms with Gasteiger partial charge in [-0.1, -0.05) is 45.4 Å². The van der Waals surface area contributed by atoms with Crippen LogP contribution in [0.4, 0.5) is 4.79 Å². The van der Waals surface area contributed by atoms with Crippen LogP contribution >= 0.6 is 12.6 Å². The number of nitrogens with one attached hydrogen (secondary N) is 2. The van der Waals surface area contributed by atoms with Gasteiger partial charge in [-0.15, -0.1) is 0 Å². The molecule has 2 N–H and O–H groups in total. The Kier molecular flexibility index (Phi) is 13.5. The quantitative estimate of drug-likeness (QED) is 0.222. The van der Waals surface area contributed by atoms with Crippen LogP contribution in [0.3, 0.4) is 0 Å². The van der Waals surface area contributed by atoms with Crippen molar-refractivity contribution in [2.75, 3.05) is 12.3 Å². The normalized spacial score (nSPS) is 14.0. The van der Waals surface area contributed by atoms with Crippen LogP contribution in [-0.4, -0.2) is 52.8 Å². The van der Waals surface area contributed by atoms with Crippen LogP contribution in [0.2, 0.25) is 0 Å². The molecule has 0 aliphatic rings. The van der Waals surface area contributed by atoms with E-state index in [2.05, 4.69) is 44.0 Å². The van der Waals surface area contributed by atoms with Gasteiger partial charge in [-0.2, -0.15) is 12.6 Å². The molecule has 0 bridgehead atoms. The maximum atomic E-state index is 14.1. The van der Waals surface area contributed by atoms with Crippen LogP contribution in [0.1, 0.15) is 96.9 Å². The Morgan fingerprint density at radius 1 is 1.05 bits per heavy atom. The Bertz CT molecular complexity index is 898. The van der Waals surface area contributed by atoms with Gasteiger partial charge in [0, 0.05) is 18.3 Å². The molecule has 0 aliphatic heterocycles. The highest BCUT2D eigenvalue weighted by Gasteiger charge is 2.38. The highest BCUT2D eigenvalue weighted by atomic mass is 32.1. The number of benzene rings is 1. The first-order valence-corrected chi connectivity index (χ1v) is 14.1. The number of carbonyl (C=O) groups is 3. The highest BCUT2D eigenvalue weighted by molar-refractivity contribution is 7.80. The molecule has 1 rings (SSSR count). The van der Waals surface area contributed by atoms with Gasteiger partial charge in [-0.05, 0) is 83.4 Å². The molecule has 1 aromatic rings. The number of thiol groups is 1. The molecule has 0 saturated heterocycles. The van der Waals surface area contributed by atoms with E-state index in [4.69, 9.17) is 4.74 Å². The predicted molar refractivity (Wildman–Crippen MR) is 154 cm³/mol. The van der Waals surface area contributed by atoms with Crippen LogP contribution < -0.4 is 10.6 Å². The van der Waals surface area contributed by atoms with Crippen LogP contribution in [0.15, 0.2) is 18.2 Å². The lowest BCUT2D eigenvalue weighted by molar-refractivity contribution is -0.144. The fraction of sp³-hybridized carbons (Fsp3) is 0.690. The maximum Gasteiger partial charge on any atom is 0.408 e. The molecule has 7 nitrogen and oxygen atoms in total. The maximum absolute atomic E-state index is 14.1. The van der Waals surface area contributed by atoms with E-state index in [0.717, 1.165) is 42.4 Å². The zero-order chi connectivity index (χ0) is 28.3. The summed E-state index contributed by atoms with van der Waals surface area (Å²) in [6.45, 7) is 18.2. The predicted octanol–water partition coefficient (Wildman–Crippen LogP) is 5.74. The van der Waals surface area contributed by atoms with Gasteiger partial charge in [0.1, 0.15) is 17.7 Å². The Balaban J connectivity index is 3.53. The topological polar surface area (TPSA) is 87.7 Å². The van der Waals surface area contributed by atoms with E-state index in [1.807, 2.05) is 39.0 Å². The standard InChI is InChI=1S/C29H49N3O4S/c1-10-11-16-30-26(33)25(23-15-13-20(4)21(5)17-23)32(22(6)14-12-19(2)3)27(34)24(18-37)31-28(35)36-29(7,8)9/h13,15,17,19,22,24-25,37H,10-12,14,16,18H2,1-9H3,(H,30,33)(H,31,35). The van der Waals surface area contributed by atoms with E-state index in [-0.39, 0.29) is 23.6 Å². The summed E-state index contributed by atoms with van der Waals surface area (Å²) in [7, 11) is 0. The second-order valence-corrected chi connectivity index (χ2v) is 11.7. The number of aryl methyl sites for hydroxylation is 2. The van der Waals surface area contributed by atoms with E-state index < -0.39 is 23.8 Å². The van der Waals surface area contributed by atoms with E-state index >= 15 is 0 Å². The number of hydrogen-bond donors (Lipinski definition) is 3. The van der Waals surface area contributed by atoms with Gasteiger partial charge in [0.25, 0.3) is 0 Å². The number of ether oxygens (including phenoxy) is 1. The molecule has 0 saturated carbocycles. The molecule has 0 heterocycles. The third-order valence-corrected chi connectivity index (χ3v) is 6.63. The second kappa shape index (κ2) is 15.3. The summed E-state index contributed by atoms with van der Waals surface area (Å²) in [4.78, 5) is 42.0. The van der Waals surface area contributed by atoms with Gasteiger partial charge in [0.05, 0.1) is 0 Å². The molecule has 0 spiro atoms. The number of unbranched alkanes of at least 4 members (excludes halogenated alkanes) is 1. The summed E-state index contributed by atoms with van der Waals surface area (Å²) < 4.78 is 5.39. The minimum Gasteiger partial charge on any atom is -0.444 e. The van der Waals surface area contributed by atoms with Crippen LogP contribution in [0.5, 0.6) is 0 Å². The minimum atomic E-state index is -0.947. The SMILES string of the molecule is CCCCNC(=O)C(c1ccc(C)c(C)c1)N(C(=O)C(CS)NC(=O)OC(C)(C)C)C(C)CCC(C)C. The van der Waals surface area contributed by atoms with Crippen LogP contribution in [-0.2, 0) is 14.3 Å². The molecule has 8 heteroatoms. The van der Waals surface area contributed by atoms with Gasteiger partial charge < -0.3 is 20.3 Å². The van der Waals surface area contributed by atoms with Crippen molar-refractivity contribution < 1.29 is 19.1 Å². The average molecular weight is 536 g/mol. The largest absolute Gasteiger partial charge is 0.444 e.